The molecule has 3 aromatic rings. The highest BCUT2D eigenvalue weighted by Crippen LogP contribution is 2.24. The average Bonchev–Trinajstić information content (AvgIpc) is 2.89. The van der Waals surface area contributed by atoms with Crippen molar-refractivity contribution in [2.75, 3.05) is 19.7 Å². The molecular formula is C30H37NO5. The smallest absolute Gasteiger partial charge is 0.308 e. The summed E-state index contributed by atoms with van der Waals surface area (Å²) >= 11 is 0. The number of hydrogen-bond acceptors (Lipinski definition) is 6. The highest BCUT2D eigenvalue weighted by atomic mass is 16.5. The van der Waals surface area contributed by atoms with E-state index >= 15 is 0 Å². The lowest BCUT2D eigenvalue weighted by Crippen LogP contribution is -2.24. The number of aliphatic hydroxyl groups is 2. The van der Waals surface area contributed by atoms with Gasteiger partial charge in [0, 0.05) is 25.6 Å². The van der Waals surface area contributed by atoms with E-state index in [-0.39, 0.29) is 6.61 Å². The van der Waals surface area contributed by atoms with Gasteiger partial charge in [0.25, 0.3) is 0 Å². The quantitative estimate of drug-likeness (QED) is 0.165. The van der Waals surface area contributed by atoms with E-state index in [1.165, 1.54) is 23.6 Å². The molecule has 0 saturated heterocycles. The predicted octanol–water partition coefficient (Wildman–Crippen LogP) is 4.51. The van der Waals surface area contributed by atoms with Gasteiger partial charge in [0.05, 0.1) is 19.3 Å². The summed E-state index contributed by atoms with van der Waals surface area (Å²) in [4.78, 5) is 11.2. The zero-order valence-electron chi connectivity index (χ0n) is 21.0. The molecule has 0 heterocycles. The van der Waals surface area contributed by atoms with Crippen LogP contribution in [0.15, 0.2) is 72.8 Å². The molecule has 36 heavy (non-hydrogen) atoms. The van der Waals surface area contributed by atoms with Gasteiger partial charge in [-0.1, -0.05) is 60.7 Å². The third-order valence-corrected chi connectivity index (χ3v) is 5.93. The van der Waals surface area contributed by atoms with E-state index in [1.807, 2.05) is 6.07 Å². The zero-order chi connectivity index (χ0) is 25.6. The normalized spacial score (nSPS) is 11.9. The predicted molar refractivity (Wildman–Crippen MR) is 141 cm³/mol. The van der Waals surface area contributed by atoms with Gasteiger partial charge in [-0.15, -0.1) is 0 Å². The van der Waals surface area contributed by atoms with Crippen molar-refractivity contribution in [2.45, 2.75) is 51.9 Å². The SMILES string of the molecule is CC(=O)Oc1ccc([C@@H](O)CNCCc2cccc(COCCCCc3ccccc3)c2)cc1CO. The van der Waals surface area contributed by atoms with E-state index in [4.69, 9.17) is 9.47 Å². The fourth-order valence-corrected chi connectivity index (χ4v) is 4.02. The Kier molecular flexibility index (Phi) is 11.6. The van der Waals surface area contributed by atoms with Crippen molar-refractivity contribution >= 4 is 5.97 Å². The number of nitrogens with one attached hydrogen (secondary N) is 1. The summed E-state index contributed by atoms with van der Waals surface area (Å²) in [5.41, 5.74) is 4.89. The number of unbranched alkanes of at least 4 members (excludes halogenated alkanes) is 1. The molecule has 6 heteroatoms. The second-order valence-electron chi connectivity index (χ2n) is 8.90. The molecule has 0 unspecified atom stereocenters. The van der Waals surface area contributed by atoms with E-state index in [1.54, 1.807) is 18.2 Å². The lowest BCUT2D eigenvalue weighted by molar-refractivity contribution is -0.131. The standard InChI is InChI=1S/C30H37NO5/c1-23(33)36-30-14-13-27(19-28(30)21-32)29(34)20-31-16-15-25-11-7-12-26(18-25)22-35-17-6-5-10-24-8-3-2-4-9-24/h2-4,7-9,11-14,18-19,29,31-32,34H,5-6,10,15-17,20-22H2,1H3/t29-/m0/s1. The van der Waals surface area contributed by atoms with Crippen LogP contribution in [0.1, 0.15) is 53.7 Å². The number of hydrogen-bond donors (Lipinski definition) is 3. The number of aryl methyl sites for hydroxylation is 1. The maximum absolute atomic E-state index is 11.2. The van der Waals surface area contributed by atoms with Crippen LogP contribution in [-0.2, 0) is 35.6 Å². The fourth-order valence-electron chi connectivity index (χ4n) is 4.02. The highest BCUT2D eigenvalue weighted by Gasteiger charge is 2.12. The van der Waals surface area contributed by atoms with Crippen LogP contribution in [0, 0.1) is 0 Å². The summed E-state index contributed by atoms with van der Waals surface area (Å²) in [5.74, 6) is -0.140. The summed E-state index contributed by atoms with van der Waals surface area (Å²) in [6.45, 7) is 3.51. The number of carbonyl (C=O) groups excluding carboxylic acids is 1. The minimum Gasteiger partial charge on any atom is -0.426 e. The monoisotopic (exact) mass is 491 g/mol. The number of rotatable bonds is 15. The Morgan fingerprint density at radius 1 is 0.917 bits per heavy atom. The van der Waals surface area contributed by atoms with Crippen LogP contribution >= 0.6 is 0 Å². The molecule has 6 nitrogen and oxygen atoms in total. The van der Waals surface area contributed by atoms with Crippen LogP contribution in [-0.4, -0.2) is 35.9 Å². The van der Waals surface area contributed by atoms with Gasteiger partial charge in [0.2, 0.25) is 0 Å². The van der Waals surface area contributed by atoms with Gasteiger partial charge in [0.1, 0.15) is 5.75 Å². The Hall–Kier alpha value is -3.03. The van der Waals surface area contributed by atoms with Crippen LogP contribution in [0.5, 0.6) is 5.75 Å². The molecule has 0 amide bonds. The first kappa shape index (κ1) is 27.6. The van der Waals surface area contributed by atoms with Gasteiger partial charge in [0.15, 0.2) is 0 Å². The lowest BCUT2D eigenvalue weighted by atomic mass is 10.0. The van der Waals surface area contributed by atoms with Crippen molar-refractivity contribution in [1.29, 1.82) is 0 Å². The van der Waals surface area contributed by atoms with Gasteiger partial charge >= 0.3 is 5.97 Å². The second kappa shape index (κ2) is 15.2. The van der Waals surface area contributed by atoms with Gasteiger partial charge in [-0.05, 0) is 66.6 Å². The largest absolute Gasteiger partial charge is 0.426 e. The molecule has 0 aliphatic heterocycles. The summed E-state index contributed by atoms with van der Waals surface area (Å²) < 4.78 is 11.0. The van der Waals surface area contributed by atoms with Crippen LogP contribution < -0.4 is 10.1 Å². The molecule has 1 atom stereocenters. The Labute approximate surface area is 213 Å². The van der Waals surface area contributed by atoms with Crippen molar-refractivity contribution in [3.8, 4) is 5.75 Å². The number of carbonyl (C=O) groups is 1. The number of benzene rings is 3. The molecule has 0 aliphatic rings. The summed E-state index contributed by atoms with van der Waals surface area (Å²) in [6.07, 6.45) is 3.36. The number of aliphatic hydroxyl groups excluding tert-OH is 2. The van der Waals surface area contributed by atoms with Gasteiger partial charge in [-0.3, -0.25) is 4.79 Å². The molecule has 0 aromatic heterocycles. The van der Waals surface area contributed by atoms with Crippen LogP contribution in [0.25, 0.3) is 0 Å². The van der Waals surface area contributed by atoms with Gasteiger partial charge in [-0.25, -0.2) is 0 Å². The maximum atomic E-state index is 11.2. The average molecular weight is 492 g/mol. The molecule has 192 valence electrons. The first-order chi connectivity index (χ1) is 17.5. The lowest BCUT2D eigenvalue weighted by Gasteiger charge is -2.15. The third kappa shape index (κ3) is 9.55. The number of esters is 1. The molecule has 0 aliphatic carbocycles. The van der Waals surface area contributed by atoms with E-state index in [0.29, 0.717) is 30.0 Å². The summed E-state index contributed by atoms with van der Waals surface area (Å²) in [5, 5.41) is 23.3. The first-order valence-corrected chi connectivity index (χ1v) is 12.6. The Morgan fingerprint density at radius 3 is 2.47 bits per heavy atom. The highest BCUT2D eigenvalue weighted by molar-refractivity contribution is 5.69. The molecule has 3 rings (SSSR count). The Morgan fingerprint density at radius 2 is 1.69 bits per heavy atom. The zero-order valence-corrected chi connectivity index (χ0v) is 21.0. The molecule has 3 N–H and O–H groups in total. The van der Waals surface area contributed by atoms with Gasteiger partial charge < -0.3 is 25.0 Å². The minimum absolute atomic E-state index is 0.273. The fraction of sp³-hybridized carbons (Fsp3) is 0.367. The molecule has 3 aromatic carbocycles. The van der Waals surface area contributed by atoms with Crippen molar-refractivity contribution in [2.24, 2.45) is 0 Å². The van der Waals surface area contributed by atoms with Crippen LogP contribution in [0.3, 0.4) is 0 Å². The van der Waals surface area contributed by atoms with Crippen molar-refractivity contribution in [3.05, 3.63) is 101 Å². The molecule has 0 fully saturated rings. The molecule has 0 spiro atoms. The minimum atomic E-state index is -0.733. The van der Waals surface area contributed by atoms with E-state index in [2.05, 4.69) is 53.8 Å². The maximum Gasteiger partial charge on any atom is 0.308 e. The van der Waals surface area contributed by atoms with Crippen molar-refractivity contribution < 1.29 is 24.5 Å². The first-order valence-electron chi connectivity index (χ1n) is 12.6. The molecule has 0 radical (unpaired) electrons. The molecule has 0 saturated carbocycles. The van der Waals surface area contributed by atoms with E-state index in [0.717, 1.165) is 38.8 Å². The number of ether oxygens (including phenoxy) is 2. The summed E-state index contributed by atoms with van der Waals surface area (Å²) in [7, 11) is 0. The van der Waals surface area contributed by atoms with Crippen LogP contribution in [0.4, 0.5) is 0 Å². The topological polar surface area (TPSA) is 88.0 Å². The Bertz CT molecular complexity index is 1070. The van der Waals surface area contributed by atoms with Crippen molar-refractivity contribution in [3.63, 3.8) is 0 Å². The third-order valence-electron chi connectivity index (χ3n) is 5.93. The van der Waals surface area contributed by atoms with Crippen molar-refractivity contribution in [1.82, 2.24) is 5.32 Å². The second-order valence-corrected chi connectivity index (χ2v) is 8.90. The van der Waals surface area contributed by atoms with E-state index in [9.17, 15) is 15.0 Å². The molecule has 0 bridgehead atoms. The Balaban J connectivity index is 1.34. The molecular weight excluding hydrogens is 454 g/mol. The summed E-state index contributed by atoms with van der Waals surface area (Å²) in [6, 6.07) is 23.9. The van der Waals surface area contributed by atoms with Crippen LogP contribution in [0.2, 0.25) is 0 Å². The van der Waals surface area contributed by atoms with Gasteiger partial charge in [-0.2, -0.15) is 0 Å². The van der Waals surface area contributed by atoms with E-state index < -0.39 is 12.1 Å².